The lowest BCUT2D eigenvalue weighted by molar-refractivity contribution is 0.626. The van der Waals surface area contributed by atoms with Gasteiger partial charge in [0.25, 0.3) is 0 Å². The molecule has 3 aromatic carbocycles. The Kier molecular flexibility index (Phi) is 5.96. The molecule has 1 unspecified atom stereocenters. The second-order valence-corrected chi connectivity index (χ2v) is 7.08. The van der Waals surface area contributed by atoms with Crippen molar-refractivity contribution in [2.45, 2.75) is 18.9 Å². The van der Waals surface area contributed by atoms with Gasteiger partial charge in [0.15, 0.2) is 0 Å². The Morgan fingerprint density at radius 3 is 2.21 bits per heavy atom. The summed E-state index contributed by atoms with van der Waals surface area (Å²) < 4.78 is 15.5. The molecule has 4 rings (SSSR count). The number of halogens is 1. The van der Waals surface area contributed by atoms with Gasteiger partial charge in [-0.15, -0.1) is 0 Å². The molecular formula is C26H23FN2. The number of rotatable bonds is 7. The minimum absolute atomic E-state index is 0.179. The SMILES string of the molecule is Fc1ccc(C(CC=Cc2cncn2Cc2ccccc2)c2ccccc2)cc1. The Morgan fingerprint density at radius 1 is 0.828 bits per heavy atom. The summed E-state index contributed by atoms with van der Waals surface area (Å²) in [6.45, 7) is 0.792. The molecule has 29 heavy (non-hydrogen) atoms. The highest BCUT2D eigenvalue weighted by atomic mass is 19.1. The summed E-state index contributed by atoms with van der Waals surface area (Å²) in [5, 5.41) is 0. The molecule has 0 bridgehead atoms. The molecule has 2 nitrogen and oxygen atoms in total. The van der Waals surface area contributed by atoms with Crippen molar-refractivity contribution in [1.29, 1.82) is 0 Å². The van der Waals surface area contributed by atoms with Gasteiger partial charge in [-0.25, -0.2) is 9.37 Å². The third-order valence-electron chi connectivity index (χ3n) is 5.07. The van der Waals surface area contributed by atoms with Crippen LogP contribution in [0.4, 0.5) is 4.39 Å². The molecule has 0 radical (unpaired) electrons. The average Bonchev–Trinajstić information content (AvgIpc) is 3.20. The van der Waals surface area contributed by atoms with Crippen LogP contribution in [0.25, 0.3) is 6.08 Å². The Morgan fingerprint density at radius 2 is 1.48 bits per heavy atom. The molecule has 0 aliphatic heterocycles. The molecule has 0 aliphatic carbocycles. The number of hydrogen-bond acceptors (Lipinski definition) is 1. The first kappa shape index (κ1) is 18.9. The van der Waals surface area contributed by atoms with E-state index in [0.717, 1.165) is 24.2 Å². The van der Waals surface area contributed by atoms with Crippen LogP contribution in [0.15, 0.2) is 104 Å². The summed E-state index contributed by atoms with van der Waals surface area (Å²) in [7, 11) is 0. The van der Waals surface area contributed by atoms with E-state index in [1.165, 1.54) is 23.3 Å². The van der Waals surface area contributed by atoms with Gasteiger partial charge in [0.05, 0.1) is 18.2 Å². The molecule has 144 valence electrons. The van der Waals surface area contributed by atoms with Gasteiger partial charge in [-0.2, -0.15) is 0 Å². The summed E-state index contributed by atoms with van der Waals surface area (Å²) in [6.07, 6.45) is 8.87. The van der Waals surface area contributed by atoms with E-state index in [4.69, 9.17) is 0 Å². The fraction of sp³-hybridized carbons (Fsp3) is 0.115. The lowest BCUT2D eigenvalue weighted by Gasteiger charge is -2.16. The van der Waals surface area contributed by atoms with E-state index in [0.29, 0.717) is 0 Å². The third kappa shape index (κ3) is 4.88. The number of nitrogens with zero attached hydrogens (tertiary/aromatic N) is 2. The van der Waals surface area contributed by atoms with E-state index >= 15 is 0 Å². The van der Waals surface area contributed by atoms with E-state index in [-0.39, 0.29) is 11.7 Å². The van der Waals surface area contributed by atoms with Crippen molar-refractivity contribution in [2.75, 3.05) is 0 Å². The second-order valence-electron chi connectivity index (χ2n) is 7.08. The van der Waals surface area contributed by atoms with Crippen molar-refractivity contribution in [3.05, 3.63) is 132 Å². The van der Waals surface area contributed by atoms with Crippen molar-refractivity contribution >= 4 is 6.08 Å². The fourth-order valence-corrected chi connectivity index (χ4v) is 3.55. The van der Waals surface area contributed by atoms with E-state index < -0.39 is 0 Å². The maximum absolute atomic E-state index is 13.4. The predicted molar refractivity (Wildman–Crippen MR) is 116 cm³/mol. The monoisotopic (exact) mass is 382 g/mol. The lowest BCUT2D eigenvalue weighted by atomic mass is 9.88. The van der Waals surface area contributed by atoms with E-state index in [1.807, 2.05) is 48.9 Å². The van der Waals surface area contributed by atoms with Gasteiger partial charge < -0.3 is 4.57 Å². The summed E-state index contributed by atoms with van der Waals surface area (Å²) in [6, 6.07) is 27.5. The second kappa shape index (κ2) is 9.16. The molecule has 4 aromatic rings. The third-order valence-corrected chi connectivity index (χ3v) is 5.07. The standard InChI is InChI=1S/C26H23FN2/c27-24-16-14-23(15-17-24)26(22-10-5-2-6-11-22)13-7-12-25-18-28-20-29(25)19-21-8-3-1-4-9-21/h1-12,14-18,20,26H,13,19H2. The van der Waals surface area contributed by atoms with Crippen molar-refractivity contribution in [3.63, 3.8) is 0 Å². The van der Waals surface area contributed by atoms with Crippen molar-refractivity contribution in [3.8, 4) is 0 Å². The molecule has 0 aliphatic rings. The molecule has 1 atom stereocenters. The number of imidazole rings is 1. The molecule has 0 amide bonds. The average molecular weight is 382 g/mol. The molecular weight excluding hydrogens is 359 g/mol. The van der Waals surface area contributed by atoms with Gasteiger partial charge in [-0.05, 0) is 41.3 Å². The van der Waals surface area contributed by atoms with Crippen molar-refractivity contribution in [1.82, 2.24) is 9.55 Å². The van der Waals surface area contributed by atoms with E-state index in [1.54, 1.807) is 0 Å². The summed E-state index contributed by atoms with van der Waals surface area (Å²) in [5.74, 6) is -0.0283. The Labute approximate surface area is 171 Å². The highest BCUT2D eigenvalue weighted by molar-refractivity contribution is 5.45. The van der Waals surface area contributed by atoms with Crippen LogP contribution in [0, 0.1) is 5.82 Å². The predicted octanol–water partition coefficient (Wildman–Crippen LogP) is 6.31. The zero-order valence-corrected chi connectivity index (χ0v) is 16.2. The number of hydrogen-bond donors (Lipinski definition) is 0. The Bertz CT molecular complexity index is 1050. The quantitative estimate of drug-likeness (QED) is 0.366. The normalized spacial score (nSPS) is 12.3. The van der Waals surface area contributed by atoms with Gasteiger partial charge in [0, 0.05) is 12.5 Å². The molecule has 1 heterocycles. The first-order chi connectivity index (χ1) is 14.3. The topological polar surface area (TPSA) is 17.8 Å². The van der Waals surface area contributed by atoms with Gasteiger partial charge in [-0.3, -0.25) is 0 Å². The van der Waals surface area contributed by atoms with Gasteiger partial charge >= 0.3 is 0 Å². The Balaban J connectivity index is 1.53. The molecule has 0 fully saturated rings. The van der Waals surface area contributed by atoms with Crippen LogP contribution in [-0.4, -0.2) is 9.55 Å². The minimum atomic E-state index is -0.207. The minimum Gasteiger partial charge on any atom is -0.327 e. The summed E-state index contributed by atoms with van der Waals surface area (Å²) in [4.78, 5) is 4.31. The van der Waals surface area contributed by atoms with E-state index in [2.05, 4.69) is 58.1 Å². The van der Waals surface area contributed by atoms with Crippen molar-refractivity contribution < 1.29 is 4.39 Å². The van der Waals surface area contributed by atoms with Crippen LogP contribution < -0.4 is 0 Å². The highest BCUT2D eigenvalue weighted by Crippen LogP contribution is 2.29. The molecule has 0 N–H and O–H groups in total. The molecule has 1 aromatic heterocycles. The van der Waals surface area contributed by atoms with Gasteiger partial charge in [0.1, 0.15) is 5.82 Å². The maximum atomic E-state index is 13.4. The molecule has 0 saturated carbocycles. The molecule has 0 saturated heterocycles. The first-order valence-corrected chi connectivity index (χ1v) is 9.80. The Hall–Kier alpha value is -3.46. The smallest absolute Gasteiger partial charge is 0.123 e. The van der Waals surface area contributed by atoms with Crippen molar-refractivity contribution in [2.24, 2.45) is 0 Å². The van der Waals surface area contributed by atoms with Crippen LogP contribution in [0.2, 0.25) is 0 Å². The number of aromatic nitrogens is 2. The maximum Gasteiger partial charge on any atom is 0.123 e. The highest BCUT2D eigenvalue weighted by Gasteiger charge is 2.12. The van der Waals surface area contributed by atoms with E-state index in [9.17, 15) is 4.39 Å². The van der Waals surface area contributed by atoms with Crippen LogP contribution in [0.3, 0.4) is 0 Å². The van der Waals surface area contributed by atoms with Crippen LogP contribution in [-0.2, 0) is 6.54 Å². The van der Waals surface area contributed by atoms with Crippen LogP contribution in [0.5, 0.6) is 0 Å². The summed E-state index contributed by atoms with van der Waals surface area (Å²) in [5.41, 5.74) is 4.65. The fourth-order valence-electron chi connectivity index (χ4n) is 3.55. The zero-order chi connectivity index (χ0) is 19.9. The largest absolute Gasteiger partial charge is 0.327 e. The molecule has 3 heteroatoms. The van der Waals surface area contributed by atoms with Crippen LogP contribution in [0.1, 0.15) is 34.7 Å². The number of benzene rings is 3. The van der Waals surface area contributed by atoms with Gasteiger partial charge in [-0.1, -0.05) is 78.9 Å². The van der Waals surface area contributed by atoms with Crippen LogP contribution >= 0.6 is 0 Å². The first-order valence-electron chi connectivity index (χ1n) is 9.80. The summed E-state index contributed by atoms with van der Waals surface area (Å²) >= 11 is 0. The number of allylic oxidation sites excluding steroid dienone is 1. The lowest BCUT2D eigenvalue weighted by Crippen LogP contribution is -2.01. The molecule has 0 spiro atoms. The zero-order valence-electron chi connectivity index (χ0n) is 16.2. The van der Waals surface area contributed by atoms with Gasteiger partial charge in [0.2, 0.25) is 0 Å².